The molecule has 0 saturated carbocycles. The minimum atomic E-state index is -0.0633. The van der Waals surface area contributed by atoms with Gasteiger partial charge in [0.2, 0.25) is 0 Å². The van der Waals surface area contributed by atoms with Crippen molar-refractivity contribution in [2.75, 3.05) is 6.61 Å². The summed E-state index contributed by atoms with van der Waals surface area (Å²) in [5.41, 5.74) is 7.17. The third-order valence-corrected chi connectivity index (χ3v) is 2.68. The summed E-state index contributed by atoms with van der Waals surface area (Å²) in [4.78, 5) is 0. The van der Waals surface area contributed by atoms with Crippen LogP contribution in [0.3, 0.4) is 0 Å². The first-order valence-corrected chi connectivity index (χ1v) is 6.07. The topological polar surface area (TPSA) is 66.0 Å². The molecule has 0 fully saturated rings. The largest absolute Gasteiger partial charge is 0.376 e. The van der Waals surface area contributed by atoms with Crippen molar-refractivity contribution < 1.29 is 4.74 Å². The van der Waals surface area contributed by atoms with E-state index in [1.807, 2.05) is 20.2 Å². The van der Waals surface area contributed by atoms with Gasteiger partial charge in [-0.05, 0) is 12.3 Å². The molecule has 0 aliphatic carbocycles. The average molecular weight is 240 g/mol. The molecular formula is C12H24N4O. The standard InChI is InChI=1S/C12H24N4O/c1-6-17-11(12(2,3)4)10(13)7-9-8-16(5)15-14-9/h8,10-11H,6-7,13H2,1-5H3. The Kier molecular flexibility index (Phi) is 4.65. The molecule has 1 aromatic rings. The van der Waals surface area contributed by atoms with Gasteiger partial charge in [0, 0.05) is 32.3 Å². The van der Waals surface area contributed by atoms with Crippen LogP contribution in [0.5, 0.6) is 0 Å². The molecule has 5 nitrogen and oxygen atoms in total. The number of hydrogen-bond donors (Lipinski definition) is 1. The first-order chi connectivity index (χ1) is 7.84. The SMILES string of the molecule is CCOC(C(N)Cc1cn(C)nn1)C(C)(C)C. The van der Waals surface area contributed by atoms with E-state index in [4.69, 9.17) is 10.5 Å². The quantitative estimate of drug-likeness (QED) is 0.838. The minimum Gasteiger partial charge on any atom is -0.376 e. The van der Waals surface area contributed by atoms with Gasteiger partial charge in [0.1, 0.15) is 0 Å². The number of aromatic nitrogens is 3. The smallest absolute Gasteiger partial charge is 0.0843 e. The second-order valence-corrected chi connectivity index (χ2v) is 5.49. The molecule has 17 heavy (non-hydrogen) atoms. The van der Waals surface area contributed by atoms with Gasteiger partial charge in [-0.15, -0.1) is 5.10 Å². The summed E-state index contributed by atoms with van der Waals surface area (Å²) in [6, 6.07) is -0.0633. The van der Waals surface area contributed by atoms with Crippen LogP contribution in [0.1, 0.15) is 33.4 Å². The van der Waals surface area contributed by atoms with Crippen LogP contribution < -0.4 is 5.73 Å². The normalized spacial score (nSPS) is 15.9. The van der Waals surface area contributed by atoms with Gasteiger partial charge in [-0.2, -0.15) is 0 Å². The third-order valence-electron chi connectivity index (χ3n) is 2.68. The van der Waals surface area contributed by atoms with Crippen molar-refractivity contribution in [3.8, 4) is 0 Å². The molecule has 0 aliphatic rings. The summed E-state index contributed by atoms with van der Waals surface area (Å²) in [6.07, 6.45) is 2.61. The van der Waals surface area contributed by atoms with Crippen molar-refractivity contribution in [1.29, 1.82) is 0 Å². The van der Waals surface area contributed by atoms with E-state index in [1.165, 1.54) is 0 Å². The van der Waals surface area contributed by atoms with Gasteiger partial charge in [-0.25, -0.2) is 0 Å². The molecular weight excluding hydrogens is 216 g/mol. The Bertz CT molecular complexity index is 343. The maximum absolute atomic E-state index is 6.23. The van der Waals surface area contributed by atoms with Crippen molar-refractivity contribution in [2.45, 2.75) is 46.3 Å². The van der Waals surface area contributed by atoms with Gasteiger partial charge in [-0.3, -0.25) is 4.68 Å². The van der Waals surface area contributed by atoms with Crippen molar-refractivity contribution in [1.82, 2.24) is 15.0 Å². The molecule has 0 aromatic carbocycles. The Morgan fingerprint density at radius 2 is 2.12 bits per heavy atom. The van der Waals surface area contributed by atoms with E-state index in [0.717, 1.165) is 5.69 Å². The summed E-state index contributed by atoms with van der Waals surface area (Å²) in [5, 5.41) is 7.97. The van der Waals surface area contributed by atoms with Crippen molar-refractivity contribution in [3.63, 3.8) is 0 Å². The number of rotatable bonds is 5. The van der Waals surface area contributed by atoms with Gasteiger partial charge >= 0.3 is 0 Å². The minimum absolute atomic E-state index is 0.0227. The average Bonchev–Trinajstić information content (AvgIpc) is 2.58. The van der Waals surface area contributed by atoms with Crippen molar-refractivity contribution >= 4 is 0 Å². The van der Waals surface area contributed by atoms with Gasteiger partial charge in [0.05, 0.1) is 11.8 Å². The molecule has 0 saturated heterocycles. The van der Waals surface area contributed by atoms with Crippen LogP contribution in [0.25, 0.3) is 0 Å². The van der Waals surface area contributed by atoms with Crippen LogP contribution in [0.4, 0.5) is 0 Å². The van der Waals surface area contributed by atoms with Crippen LogP contribution in [0, 0.1) is 5.41 Å². The number of nitrogens with two attached hydrogens (primary N) is 1. The zero-order valence-corrected chi connectivity index (χ0v) is 11.5. The molecule has 5 heteroatoms. The van der Waals surface area contributed by atoms with Crippen LogP contribution in [0.2, 0.25) is 0 Å². The summed E-state index contributed by atoms with van der Waals surface area (Å²) in [5.74, 6) is 0. The lowest BCUT2D eigenvalue weighted by atomic mass is 9.83. The highest BCUT2D eigenvalue weighted by molar-refractivity contribution is 4.98. The number of aryl methyl sites for hydroxylation is 1. The lowest BCUT2D eigenvalue weighted by Crippen LogP contribution is -2.46. The third kappa shape index (κ3) is 4.09. The zero-order chi connectivity index (χ0) is 13.1. The summed E-state index contributed by atoms with van der Waals surface area (Å²) >= 11 is 0. The van der Waals surface area contributed by atoms with Crippen molar-refractivity contribution in [2.24, 2.45) is 18.2 Å². The van der Waals surface area contributed by atoms with Crippen molar-refractivity contribution in [3.05, 3.63) is 11.9 Å². The van der Waals surface area contributed by atoms with Gasteiger partial charge in [0.25, 0.3) is 0 Å². The molecule has 0 bridgehead atoms. The maximum atomic E-state index is 6.23. The number of hydrogen-bond acceptors (Lipinski definition) is 4. The molecule has 0 aliphatic heterocycles. The molecule has 2 atom stereocenters. The summed E-state index contributed by atoms with van der Waals surface area (Å²) in [6.45, 7) is 9.10. The lowest BCUT2D eigenvalue weighted by Gasteiger charge is -2.34. The highest BCUT2D eigenvalue weighted by Gasteiger charge is 2.31. The fourth-order valence-electron chi connectivity index (χ4n) is 2.03. The molecule has 0 amide bonds. The van der Waals surface area contributed by atoms with Crippen LogP contribution in [-0.4, -0.2) is 33.7 Å². The maximum Gasteiger partial charge on any atom is 0.0843 e. The van der Waals surface area contributed by atoms with Gasteiger partial charge < -0.3 is 10.5 Å². The molecule has 2 N–H and O–H groups in total. The second kappa shape index (κ2) is 5.60. The second-order valence-electron chi connectivity index (χ2n) is 5.49. The zero-order valence-electron chi connectivity index (χ0n) is 11.5. The number of ether oxygens (including phenoxy) is 1. The molecule has 1 rings (SSSR count). The molecule has 1 aromatic heterocycles. The van der Waals surface area contributed by atoms with E-state index >= 15 is 0 Å². The highest BCUT2D eigenvalue weighted by Crippen LogP contribution is 2.25. The lowest BCUT2D eigenvalue weighted by molar-refractivity contribution is -0.0275. The molecule has 0 spiro atoms. The number of nitrogens with zero attached hydrogens (tertiary/aromatic N) is 3. The van der Waals surface area contributed by atoms with E-state index in [1.54, 1.807) is 4.68 Å². The fourth-order valence-corrected chi connectivity index (χ4v) is 2.03. The summed E-state index contributed by atoms with van der Waals surface area (Å²) in [7, 11) is 1.85. The van der Waals surface area contributed by atoms with Crippen LogP contribution in [-0.2, 0) is 18.2 Å². The predicted octanol–water partition coefficient (Wildman–Crippen LogP) is 1.14. The Balaban J connectivity index is 2.68. The van der Waals surface area contributed by atoms with E-state index in [-0.39, 0.29) is 17.6 Å². The van der Waals surface area contributed by atoms with E-state index in [0.29, 0.717) is 13.0 Å². The van der Waals surface area contributed by atoms with Crippen LogP contribution in [0.15, 0.2) is 6.20 Å². The van der Waals surface area contributed by atoms with Gasteiger partial charge in [0.15, 0.2) is 0 Å². The Labute approximate surface area is 103 Å². The summed E-state index contributed by atoms with van der Waals surface area (Å²) < 4.78 is 7.46. The predicted molar refractivity (Wildman–Crippen MR) is 67.6 cm³/mol. The molecule has 0 radical (unpaired) electrons. The molecule has 98 valence electrons. The highest BCUT2D eigenvalue weighted by atomic mass is 16.5. The fraction of sp³-hybridized carbons (Fsp3) is 0.833. The first-order valence-electron chi connectivity index (χ1n) is 6.07. The van der Waals surface area contributed by atoms with E-state index in [9.17, 15) is 0 Å². The Morgan fingerprint density at radius 1 is 1.47 bits per heavy atom. The molecule has 1 heterocycles. The van der Waals surface area contributed by atoms with Gasteiger partial charge in [-0.1, -0.05) is 26.0 Å². The Morgan fingerprint density at radius 3 is 2.53 bits per heavy atom. The monoisotopic (exact) mass is 240 g/mol. The first kappa shape index (κ1) is 14.1. The van der Waals surface area contributed by atoms with E-state index in [2.05, 4.69) is 31.1 Å². The van der Waals surface area contributed by atoms with Crippen LogP contribution >= 0.6 is 0 Å². The Hall–Kier alpha value is -0.940. The van der Waals surface area contributed by atoms with E-state index < -0.39 is 0 Å². The molecule has 2 unspecified atom stereocenters.